The van der Waals surface area contributed by atoms with Crippen LogP contribution in [0.15, 0.2) is 71.8 Å². The number of nitrogens with zero attached hydrogens (tertiary/aromatic N) is 3. The Morgan fingerprint density at radius 1 is 1.00 bits per heavy atom. The monoisotopic (exact) mass is 497 g/mol. The summed E-state index contributed by atoms with van der Waals surface area (Å²) in [4.78, 5) is 4.19. The number of rotatable bonds is 7. The van der Waals surface area contributed by atoms with Gasteiger partial charge in [-0.05, 0) is 48.0 Å². The van der Waals surface area contributed by atoms with E-state index in [1.807, 2.05) is 23.1 Å². The smallest absolute Gasteiger partial charge is 0.184 e. The molecular weight excluding hydrogens is 471 g/mol. The average Bonchev–Trinajstić information content (AvgIpc) is 2.84. The van der Waals surface area contributed by atoms with E-state index in [4.69, 9.17) is 5.73 Å². The van der Waals surface area contributed by atoms with Gasteiger partial charge in [0.05, 0.1) is 11.9 Å². The van der Waals surface area contributed by atoms with Crippen LogP contribution in [0.3, 0.4) is 0 Å². The van der Waals surface area contributed by atoms with Crippen molar-refractivity contribution in [2.75, 3.05) is 24.5 Å². The zero-order valence-electron chi connectivity index (χ0n) is 19.0. The summed E-state index contributed by atoms with van der Waals surface area (Å²) in [6, 6.07) is 18.9. The van der Waals surface area contributed by atoms with Gasteiger partial charge in [-0.15, -0.1) is 0 Å². The molecule has 1 heterocycles. The lowest BCUT2D eigenvalue weighted by Gasteiger charge is -2.43. The summed E-state index contributed by atoms with van der Waals surface area (Å²) >= 11 is 4.65. The van der Waals surface area contributed by atoms with Crippen molar-refractivity contribution in [1.82, 2.24) is 10.3 Å². The number of hydrogen-bond donors (Lipinski definition) is 2. The summed E-state index contributed by atoms with van der Waals surface area (Å²) in [6.45, 7) is 2.34. The summed E-state index contributed by atoms with van der Waals surface area (Å²) in [5.74, 6) is -1.40. The second-order valence-corrected chi connectivity index (χ2v) is 8.89. The molecule has 3 aromatic carbocycles. The number of piperazine rings is 1. The molecule has 3 N–H and O–H groups in total. The van der Waals surface area contributed by atoms with Crippen LogP contribution >= 0.6 is 12.2 Å². The van der Waals surface area contributed by atoms with Crippen molar-refractivity contribution in [2.24, 2.45) is 10.8 Å². The number of thiocarbonyl (C=S) groups is 1. The molecule has 1 fully saturated rings. The Balaban J connectivity index is 1.55. The molecule has 0 spiro atoms. The van der Waals surface area contributed by atoms with Crippen LogP contribution in [-0.4, -0.2) is 41.9 Å². The molecule has 0 unspecified atom stereocenters. The topological polar surface area (TPSA) is 56.9 Å². The third-order valence-electron chi connectivity index (χ3n) is 6.00. The lowest BCUT2D eigenvalue weighted by Crippen LogP contribution is -2.54. The zero-order chi connectivity index (χ0) is 24.8. The van der Waals surface area contributed by atoms with Crippen LogP contribution in [0.1, 0.15) is 16.7 Å². The van der Waals surface area contributed by atoms with E-state index < -0.39 is 11.6 Å². The van der Waals surface area contributed by atoms with Crippen molar-refractivity contribution in [1.29, 1.82) is 0 Å². The number of anilines is 1. The lowest BCUT2D eigenvalue weighted by molar-refractivity contribution is 0.166. The van der Waals surface area contributed by atoms with Crippen LogP contribution < -0.4 is 16.1 Å². The number of benzene rings is 3. The molecule has 182 valence electrons. The Kier molecular flexibility index (Phi) is 7.99. The molecule has 0 saturated carbocycles. The normalized spacial score (nSPS) is 16.5. The van der Waals surface area contributed by atoms with E-state index in [1.165, 1.54) is 18.2 Å². The standard InChI is InChI=1S/C26H26F3N5S/c27-21-8-6-19(7-9-21)16-33-10-11-34(17-22(33)12-18-4-2-1-3-5-18)25-14-23(28)20(13-24(25)29)15-31-32-26(30)35/h1-9,13-15,22H,10-12,16-17H2,(H3,30,32,35)/b31-15+/t22-/m0/s1. The molecule has 1 saturated heterocycles. The number of hydrazone groups is 1. The Morgan fingerprint density at radius 2 is 1.74 bits per heavy atom. The van der Waals surface area contributed by atoms with Gasteiger partial charge in [0.1, 0.15) is 17.5 Å². The second kappa shape index (κ2) is 11.3. The van der Waals surface area contributed by atoms with Gasteiger partial charge in [-0.3, -0.25) is 10.3 Å². The highest BCUT2D eigenvalue weighted by Gasteiger charge is 2.29. The van der Waals surface area contributed by atoms with Crippen molar-refractivity contribution in [3.63, 3.8) is 0 Å². The van der Waals surface area contributed by atoms with Gasteiger partial charge in [0.2, 0.25) is 0 Å². The van der Waals surface area contributed by atoms with Crippen LogP contribution in [0.4, 0.5) is 18.9 Å². The lowest BCUT2D eigenvalue weighted by atomic mass is 10.0. The van der Waals surface area contributed by atoms with E-state index in [9.17, 15) is 8.78 Å². The second-order valence-electron chi connectivity index (χ2n) is 8.45. The average molecular weight is 498 g/mol. The fourth-order valence-corrected chi connectivity index (χ4v) is 4.34. The van der Waals surface area contributed by atoms with Crippen LogP contribution in [0.25, 0.3) is 0 Å². The van der Waals surface area contributed by atoms with Crippen LogP contribution in [0.2, 0.25) is 0 Å². The molecule has 0 aromatic heterocycles. The molecule has 35 heavy (non-hydrogen) atoms. The van der Waals surface area contributed by atoms with Gasteiger partial charge in [0, 0.05) is 43.9 Å². The highest BCUT2D eigenvalue weighted by atomic mass is 32.1. The van der Waals surface area contributed by atoms with E-state index in [-0.39, 0.29) is 28.2 Å². The summed E-state index contributed by atoms with van der Waals surface area (Å²) in [5.41, 5.74) is 9.98. The fraction of sp³-hybridized carbons (Fsp3) is 0.231. The predicted molar refractivity (Wildman–Crippen MR) is 137 cm³/mol. The third kappa shape index (κ3) is 6.58. The van der Waals surface area contributed by atoms with E-state index in [0.29, 0.717) is 26.2 Å². The molecular formula is C26H26F3N5S. The minimum absolute atomic E-state index is 0.00854. The van der Waals surface area contributed by atoms with E-state index in [0.717, 1.165) is 29.8 Å². The minimum Gasteiger partial charge on any atom is -0.375 e. The first-order valence-corrected chi connectivity index (χ1v) is 11.6. The van der Waals surface area contributed by atoms with Gasteiger partial charge in [0.15, 0.2) is 5.11 Å². The molecule has 0 amide bonds. The zero-order valence-corrected chi connectivity index (χ0v) is 19.8. The summed E-state index contributed by atoms with van der Waals surface area (Å²) in [7, 11) is 0. The Morgan fingerprint density at radius 3 is 2.46 bits per heavy atom. The van der Waals surface area contributed by atoms with Crippen molar-refractivity contribution in [3.8, 4) is 0 Å². The first kappa shape index (κ1) is 24.7. The predicted octanol–water partition coefficient (Wildman–Crippen LogP) is 4.20. The fourth-order valence-electron chi connectivity index (χ4n) is 4.28. The van der Waals surface area contributed by atoms with Gasteiger partial charge in [-0.25, -0.2) is 13.2 Å². The summed E-state index contributed by atoms with van der Waals surface area (Å²) < 4.78 is 43.1. The number of hydrogen-bond acceptors (Lipinski definition) is 4. The van der Waals surface area contributed by atoms with Crippen molar-refractivity contribution in [2.45, 2.75) is 19.0 Å². The van der Waals surface area contributed by atoms with Crippen LogP contribution in [0, 0.1) is 17.5 Å². The Hall–Kier alpha value is -3.43. The molecule has 0 aliphatic carbocycles. The van der Waals surface area contributed by atoms with Gasteiger partial charge in [-0.2, -0.15) is 5.10 Å². The van der Waals surface area contributed by atoms with Crippen molar-refractivity contribution < 1.29 is 13.2 Å². The maximum atomic E-state index is 15.0. The Bertz CT molecular complexity index is 1190. The third-order valence-corrected chi connectivity index (χ3v) is 6.09. The highest BCUT2D eigenvalue weighted by Crippen LogP contribution is 2.27. The molecule has 9 heteroatoms. The first-order valence-electron chi connectivity index (χ1n) is 11.2. The number of nitrogens with two attached hydrogens (primary N) is 1. The van der Waals surface area contributed by atoms with Gasteiger partial charge in [0.25, 0.3) is 0 Å². The maximum absolute atomic E-state index is 15.0. The van der Waals surface area contributed by atoms with Crippen LogP contribution in [0.5, 0.6) is 0 Å². The molecule has 3 aromatic rings. The van der Waals surface area contributed by atoms with E-state index in [1.54, 1.807) is 12.1 Å². The summed E-state index contributed by atoms with van der Waals surface area (Å²) in [5, 5.41) is 3.64. The highest BCUT2D eigenvalue weighted by molar-refractivity contribution is 7.80. The molecule has 5 nitrogen and oxygen atoms in total. The molecule has 4 rings (SSSR count). The minimum atomic E-state index is -0.594. The molecule has 0 radical (unpaired) electrons. The van der Waals surface area contributed by atoms with Crippen LogP contribution in [-0.2, 0) is 13.0 Å². The molecule has 0 bridgehead atoms. The number of halogens is 3. The SMILES string of the molecule is NC(=S)N/N=C/c1cc(F)c(N2CCN(Cc3ccc(F)cc3)[C@@H](Cc3ccccc3)C2)cc1F. The Labute approximate surface area is 208 Å². The van der Waals surface area contributed by atoms with Gasteiger partial charge in [-0.1, -0.05) is 42.5 Å². The molecule has 1 atom stereocenters. The quantitative estimate of drug-likeness (QED) is 0.291. The molecule has 1 aliphatic rings. The van der Waals surface area contributed by atoms with Crippen molar-refractivity contribution >= 4 is 29.2 Å². The van der Waals surface area contributed by atoms with E-state index in [2.05, 4.69) is 39.8 Å². The first-order chi connectivity index (χ1) is 16.9. The van der Waals surface area contributed by atoms with Crippen molar-refractivity contribution in [3.05, 3.63) is 101 Å². The largest absolute Gasteiger partial charge is 0.375 e. The van der Waals surface area contributed by atoms with Gasteiger partial charge >= 0.3 is 0 Å². The summed E-state index contributed by atoms with van der Waals surface area (Å²) in [6.07, 6.45) is 1.89. The van der Waals surface area contributed by atoms with E-state index >= 15 is 4.39 Å². The van der Waals surface area contributed by atoms with Gasteiger partial charge < -0.3 is 10.6 Å². The molecule has 1 aliphatic heterocycles. The maximum Gasteiger partial charge on any atom is 0.184 e. The number of nitrogens with one attached hydrogen (secondary N) is 1.